The number of fused-ring (bicyclic) bond motifs is 1. The van der Waals surface area contributed by atoms with Gasteiger partial charge in [-0.05, 0) is 36.8 Å². The van der Waals surface area contributed by atoms with Crippen LogP contribution in [0.5, 0.6) is 5.75 Å². The first kappa shape index (κ1) is 16.1. The SMILES string of the molecule is CC1Oc2ccc(NS(=O)(=O)/C=C/c3ccccc3)cc2NC1=O. The van der Waals surface area contributed by atoms with E-state index in [4.69, 9.17) is 4.74 Å². The molecule has 6 nitrogen and oxygen atoms in total. The van der Waals surface area contributed by atoms with Crippen molar-refractivity contribution in [3.05, 3.63) is 59.5 Å². The summed E-state index contributed by atoms with van der Waals surface area (Å²) in [6.07, 6.45) is 0.932. The van der Waals surface area contributed by atoms with Crippen LogP contribution in [0.25, 0.3) is 6.08 Å². The highest BCUT2D eigenvalue weighted by Gasteiger charge is 2.23. The van der Waals surface area contributed by atoms with Crippen molar-refractivity contribution in [3.63, 3.8) is 0 Å². The Labute approximate surface area is 140 Å². The smallest absolute Gasteiger partial charge is 0.265 e. The van der Waals surface area contributed by atoms with Crippen molar-refractivity contribution in [2.75, 3.05) is 10.0 Å². The fourth-order valence-electron chi connectivity index (χ4n) is 2.20. The first-order chi connectivity index (χ1) is 11.4. The molecular formula is C17H16N2O4S. The maximum atomic E-state index is 12.1. The summed E-state index contributed by atoms with van der Waals surface area (Å²) in [7, 11) is -3.67. The number of hydrogen-bond donors (Lipinski definition) is 2. The Morgan fingerprint density at radius 1 is 1.17 bits per heavy atom. The lowest BCUT2D eigenvalue weighted by Crippen LogP contribution is -2.34. The van der Waals surface area contributed by atoms with Gasteiger partial charge in [-0.1, -0.05) is 30.3 Å². The first-order valence-electron chi connectivity index (χ1n) is 7.30. The lowest BCUT2D eigenvalue weighted by Gasteiger charge is -2.23. The topological polar surface area (TPSA) is 84.5 Å². The van der Waals surface area contributed by atoms with Crippen molar-refractivity contribution in [3.8, 4) is 5.75 Å². The first-order valence-corrected chi connectivity index (χ1v) is 8.85. The van der Waals surface area contributed by atoms with Gasteiger partial charge in [0, 0.05) is 0 Å². The minimum atomic E-state index is -3.67. The van der Waals surface area contributed by atoms with Crippen LogP contribution in [0, 0.1) is 0 Å². The van der Waals surface area contributed by atoms with E-state index in [1.165, 1.54) is 12.1 Å². The predicted molar refractivity (Wildman–Crippen MR) is 93.2 cm³/mol. The third-order valence-corrected chi connectivity index (χ3v) is 4.42. The molecule has 2 aromatic rings. The van der Waals surface area contributed by atoms with Gasteiger partial charge in [0.15, 0.2) is 6.10 Å². The molecular weight excluding hydrogens is 328 g/mol. The van der Waals surface area contributed by atoms with Crippen LogP contribution in [-0.4, -0.2) is 20.4 Å². The monoisotopic (exact) mass is 344 g/mol. The molecule has 124 valence electrons. The van der Waals surface area contributed by atoms with Crippen molar-refractivity contribution in [1.29, 1.82) is 0 Å². The Bertz CT molecular complexity index is 892. The number of rotatable bonds is 4. The van der Waals surface area contributed by atoms with E-state index in [1.54, 1.807) is 31.2 Å². The Morgan fingerprint density at radius 2 is 1.92 bits per heavy atom. The van der Waals surface area contributed by atoms with Crippen LogP contribution in [0.1, 0.15) is 12.5 Å². The van der Waals surface area contributed by atoms with Crippen molar-refractivity contribution in [2.45, 2.75) is 13.0 Å². The molecule has 0 spiro atoms. The number of carbonyl (C=O) groups is 1. The van der Waals surface area contributed by atoms with E-state index < -0.39 is 16.1 Å². The van der Waals surface area contributed by atoms with E-state index in [9.17, 15) is 13.2 Å². The van der Waals surface area contributed by atoms with Gasteiger partial charge >= 0.3 is 0 Å². The Kier molecular flexibility index (Phi) is 4.26. The maximum absolute atomic E-state index is 12.1. The zero-order valence-corrected chi connectivity index (χ0v) is 13.7. The van der Waals surface area contributed by atoms with Crippen molar-refractivity contribution in [1.82, 2.24) is 0 Å². The van der Waals surface area contributed by atoms with Gasteiger partial charge in [-0.25, -0.2) is 8.42 Å². The standard InChI is InChI=1S/C17H16N2O4S/c1-12-17(20)18-15-11-14(7-8-16(15)23-12)19-24(21,22)10-9-13-5-3-2-4-6-13/h2-12,19H,1H3,(H,18,20)/b10-9+. The second kappa shape index (κ2) is 6.37. The van der Waals surface area contributed by atoms with E-state index in [2.05, 4.69) is 10.0 Å². The van der Waals surface area contributed by atoms with Gasteiger partial charge in [0.2, 0.25) is 0 Å². The molecule has 1 amide bonds. The molecule has 1 heterocycles. The highest BCUT2D eigenvalue weighted by molar-refractivity contribution is 7.95. The molecule has 2 aromatic carbocycles. The Balaban J connectivity index is 1.77. The van der Waals surface area contributed by atoms with Crippen molar-refractivity contribution >= 4 is 33.4 Å². The van der Waals surface area contributed by atoms with Crippen molar-refractivity contribution < 1.29 is 17.9 Å². The number of anilines is 2. The van der Waals surface area contributed by atoms with E-state index in [1.807, 2.05) is 18.2 Å². The number of benzene rings is 2. The summed E-state index contributed by atoms with van der Waals surface area (Å²) in [5, 5.41) is 3.77. The Hall–Kier alpha value is -2.80. The van der Waals surface area contributed by atoms with Gasteiger partial charge in [0.05, 0.1) is 16.8 Å². The zero-order valence-electron chi connectivity index (χ0n) is 12.9. The number of sulfonamides is 1. The summed E-state index contributed by atoms with van der Waals surface area (Å²) in [6.45, 7) is 1.64. The van der Waals surface area contributed by atoms with Crippen LogP contribution in [0.3, 0.4) is 0 Å². The van der Waals surface area contributed by atoms with Crippen LogP contribution in [0.4, 0.5) is 11.4 Å². The molecule has 1 aliphatic rings. The van der Waals surface area contributed by atoms with E-state index in [0.717, 1.165) is 11.0 Å². The molecule has 0 saturated heterocycles. The van der Waals surface area contributed by atoms with Gasteiger partial charge < -0.3 is 10.1 Å². The fraction of sp³-hybridized carbons (Fsp3) is 0.118. The minimum Gasteiger partial charge on any atom is -0.479 e. The third-order valence-electron chi connectivity index (χ3n) is 3.41. The lowest BCUT2D eigenvalue weighted by molar-refractivity contribution is -0.122. The van der Waals surface area contributed by atoms with Crippen LogP contribution >= 0.6 is 0 Å². The summed E-state index contributed by atoms with van der Waals surface area (Å²) in [6, 6.07) is 13.8. The highest BCUT2D eigenvalue weighted by atomic mass is 32.2. The molecule has 0 radical (unpaired) electrons. The molecule has 3 rings (SSSR count). The van der Waals surface area contributed by atoms with E-state index in [-0.39, 0.29) is 5.91 Å². The molecule has 0 bridgehead atoms. The summed E-state index contributed by atoms with van der Waals surface area (Å²) in [5.74, 6) is 0.233. The summed E-state index contributed by atoms with van der Waals surface area (Å²) < 4.78 is 32.2. The zero-order chi connectivity index (χ0) is 17.2. The Morgan fingerprint density at radius 3 is 2.67 bits per heavy atom. The fourth-order valence-corrected chi connectivity index (χ4v) is 3.06. The number of carbonyl (C=O) groups excluding carboxylic acids is 1. The van der Waals surface area contributed by atoms with Crippen LogP contribution in [0.2, 0.25) is 0 Å². The molecule has 0 saturated carbocycles. The summed E-state index contributed by atoms with van der Waals surface area (Å²) in [4.78, 5) is 11.6. The second-order valence-electron chi connectivity index (χ2n) is 5.32. The second-order valence-corrected chi connectivity index (χ2v) is 6.89. The molecule has 0 aliphatic carbocycles. The van der Waals surface area contributed by atoms with E-state index >= 15 is 0 Å². The van der Waals surface area contributed by atoms with Gasteiger partial charge in [-0.15, -0.1) is 0 Å². The molecule has 0 aromatic heterocycles. The van der Waals surface area contributed by atoms with Crippen LogP contribution in [0.15, 0.2) is 53.9 Å². The van der Waals surface area contributed by atoms with Crippen LogP contribution < -0.4 is 14.8 Å². The highest BCUT2D eigenvalue weighted by Crippen LogP contribution is 2.32. The van der Waals surface area contributed by atoms with Gasteiger partial charge in [-0.3, -0.25) is 9.52 Å². The third kappa shape index (κ3) is 3.75. The molecule has 1 atom stereocenters. The number of nitrogens with one attached hydrogen (secondary N) is 2. The molecule has 24 heavy (non-hydrogen) atoms. The van der Waals surface area contributed by atoms with Gasteiger partial charge in [-0.2, -0.15) is 0 Å². The molecule has 1 aliphatic heterocycles. The maximum Gasteiger partial charge on any atom is 0.265 e. The number of amides is 1. The lowest BCUT2D eigenvalue weighted by atomic mass is 10.2. The number of ether oxygens (including phenoxy) is 1. The largest absolute Gasteiger partial charge is 0.479 e. The average molecular weight is 344 g/mol. The minimum absolute atomic E-state index is 0.272. The predicted octanol–water partition coefficient (Wildman–Crippen LogP) is 2.82. The normalized spacial score (nSPS) is 17.0. The summed E-state index contributed by atoms with van der Waals surface area (Å²) in [5.41, 5.74) is 1.55. The van der Waals surface area contributed by atoms with Crippen molar-refractivity contribution in [2.24, 2.45) is 0 Å². The van der Waals surface area contributed by atoms with Gasteiger partial charge in [0.25, 0.3) is 15.9 Å². The molecule has 0 fully saturated rings. The van der Waals surface area contributed by atoms with Gasteiger partial charge in [0.1, 0.15) is 5.75 Å². The van der Waals surface area contributed by atoms with E-state index in [0.29, 0.717) is 17.1 Å². The average Bonchev–Trinajstić information content (AvgIpc) is 2.55. The molecule has 2 N–H and O–H groups in total. The summed E-state index contributed by atoms with van der Waals surface area (Å²) >= 11 is 0. The quantitative estimate of drug-likeness (QED) is 0.893. The molecule has 7 heteroatoms. The number of hydrogen-bond acceptors (Lipinski definition) is 4. The molecule has 1 unspecified atom stereocenters. The van der Waals surface area contributed by atoms with Crippen LogP contribution in [-0.2, 0) is 14.8 Å².